The molecule has 4 rings (SSSR count). The maximum atomic E-state index is 12.7. The smallest absolute Gasteiger partial charge is 0.373 e. The second-order valence-corrected chi connectivity index (χ2v) is 6.54. The van der Waals surface area contributed by atoms with Crippen LogP contribution in [0.3, 0.4) is 0 Å². The van der Waals surface area contributed by atoms with Gasteiger partial charge in [-0.3, -0.25) is 4.79 Å². The Kier molecular flexibility index (Phi) is 4.10. The van der Waals surface area contributed by atoms with Crippen molar-refractivity contribution >= 4 is 27.5 Å². The van der Waals surface area contributed by atoms with Gasteiger partial charge in [0.15, 0.2) is 4.83 Å². The summed E-state index contributed by atoms with van der Waals surface area (Å²) in [7, 11) is 1.27. The normalized spacial score (nSPS) is 11.0. The number of ether oxygens (including phenoxy) is 1. The monoisotopic (exact) mass is 367 g/mol. The third-order valence-corrected chi connectivity index (χ3v) is 4.90. The van der Waals surface area contributed by atoms with Gasteiger partial charge in [-0.05, 0) is 23.8 Å². The van der Waals surface area contributed by atoms with Crippen LogP contribution in [0, 0.1) is 0 Å². The molecule has 0 aliphatic carbocycles. The summed E-state index contributed by atoms with van der Waals surface area (Å²) in [6, 6.07) is 14.7. The molecule has 0 N–H and O–H groups in total. The van der Waals surface area contributed by atoms with Gasteiger partial charge < -0.3 is 9.15 Å². The van der Waals surface area contributed by atoms with Gasteiger partial charge in [0.05, 0.1) is 12.5 Å². The van der Waals surface area contributed by atoms with Crippen LogP contribution >= 0.6 is 11.3 Å². The molecular formula is C18H13N3O4S. The molecule has 8 heteroatoms. The number of fused-ring (bicyclic) bond motifs is 1. The van der Waals surface area contributed by atoms with Gasteiger partial charge in [0.2, 0.25) is 5.76 Å². The number of carbonyl (C=O) groups excluding carboxylic acids is 1. The van der Waals surface area contributed by atoms with E-state index in [1.165, 1.54) is 29.2 Å². The third-order valence-electron chi connectivity index (χ3n) is 3.83. The second-order valence-electron chi connectivity index (χ2n) is 5.51. The molecule has 0 saturated carbocycles. The lowest BCUT2D eigenvalue weighted by molar-refractivity contribution is 0.0562. The van der Waals surface area contributed by atoms with Gasteiger partial charge in [-0.15, -0.1) is 16.4 Å². The van der Waals surface area contributed by atoms with E-state index in [-0.39, 0.29) is 17.9 Å². The molecule has 1 aromatic carbocycles. The van der Waals surface area contributed by atoms with E-state index in [0.29, 0.717) is 16.0 Å². The number of esters is 1. The number of thiophene rings is 1. The van der Waals surface area contributed by atoms with Crippen molar-refractivity contribution in [3.8, 4) is 10.4 Å². The number of hydrogen-bond donors (Lipinski definition) is 0. The van der Waals surface area contributed by atoms with Crippen LogP contribution in [0.2, 0.25) is 0 Å². The Morgan fingerprint density at radius 2 is 2.04 bits per heavy atom. The second kappa shape index (κ2) is 6.57. The summed E-state index contributed by atoms with van der Waals surface area (Å²) in [5.74, 6) is -0.0818. The van der Waals surface area contributed by atoms with Crippen molar-refractivity contribution in [3.63, 3.8) is 0 Å². The minimum absolute atomic E-state index is 0.0754. The quantitative estimate of drug-likeness (QED) is 0.516. The van der Waals surface area contributed by atoms with E-state index < -0.39 is 5.97 Å². The van der Waals surface area contributed by atoms with Gasteiger partial charge in [-0.25, -0.2) is 9.48 Å². The van der Waals surface area contributed by atoms with Gasteiger partial charge in [-0.1, -0.05) is 35.5 Å². The summed E-state index contributed by atoms with van der Waals surface area (Å²) in [5.41, 5.74) is 0.764. The first-order valence-electron chi connectivity index (χ1n) is 7.75. The predicted octanol–water partition coefficient (Wildman–Crippen LogP) is 2.95. The van der Waals surface area contributed by atoms with E-state index in [9.17, 15) is 9.59 Å². The molecule has 0 spiro atoms. The number of aromatic nitrogens is 3. The number of methoxy groups -OCH3 is 1. The van der Waals surface area contributed by atoms with Gasteiger partial charge >= 0.3 is 5.97 Å². The fourth-order valence-electron chi connectivity index (χ4n) is 2.55. The molecule has 0 amide bonds. The van der Waals surface area contributed by atoms with Gasteiger partial charge in [0, 0.05) is 4.88 Å². The lowest BCUT2D eigenvalue weighted by atomic mass is 10.2. The zero-order chi connectivity index (χ0) is 18.1. The van der Waals surface area contributed by atoms with Crippen LogP contribution in [0.1, 0.15) is 16.3 Å². The molecule has 0 aliphatic heterocycles. The van der Waals surface area contributed by atoms with Crippen LogP contribution in [-0.2, 0) is 11.3 Å². The molecule has 0 saturated heterocycles. The first kappa shape index (κ1) is 16.2. The summed E-state index contributed by atoms with van der Waals surface area (Å²) < 4.78 is 11.2. The molecule has 130 valence electrons. The SMILES string of the molecule is COC(=O)c1ccc(Cn2nnc3sc(-c4ccccc4)cc3c2=O)o1. The summed E-state index contributed by atoms with van der Waals surface area (Å²) >= 11 is 1.42. The van der Waals surface area contributed by atoms with Crippen LogP contribution in [0.15, 0.2) is 57.7 Å². The lowest BCUT2D eigenvalue weighted by Gasteiger charge is -2.00. The van der Waals surface area contributed by atoms with Crippen LogP contribution < -0.4 is 5.56 Å². The van der Waals surface area contributed by atoms with Crippen molar-refractivity contribution < 1.29 is 13.9 Å². The van der Waals surface area contributed by atoms with Crippen molar-refractivity contribution in [3.05, 3.63) is 70.4 Å². The molecule has 0 radical (unpaired) electrons. The van der Waals surface area contributed by atoms with Gasteiger partial charge in [-0.2, -0.15) is 0 Å². The maximum absolute atomic E-state index is 12.7. The van der Waals surface area contributed by atoms with E-state index in [0.717, 1.165) is 10.4 Å². The highest BCUT2D eigenvalue weighted by atomic mass is 32.1. The van der Waals surface area contributed by atoms with Crippen molar-refractivity contribution in [1.82, 2.24) is 15.0 Å². The van der Waals surface area contributed by atoms with Crippen molar-refractivity contribution in [1.29, 1.82) is 0 Å². The highest BCUT2D eigenvalue weighted by Gasteiger charge is 2.15. The Labute approximate surface area is 151 Å². The van der Waals surface area contributed by atoms with Gasteiger partial charge in [0.1, 0.15) is 12.3 Å². The average Bonchev–Trinajstić information content (AvgIpc) is 3.32. The van der Waals surface area contributed by atoms with Crippen molar-refractivity contribution in [2.24, 2.45) is 0 Å². The number of rotatable bonds is 4. The van der Waals surface area contributed by atoms with E-state index in [2.05, 4.69) is 15.0 Å². The topological polar surface area (TPSA) is 87.2 Å². The number of nitrogens with zero attached hydrogens (tertiary/aromatic N) is 3. The number of carbonyl (C=O) groups is 1. The Morgan fingerprint density at radius 1 is 1.23 bits per heavy atom. The maximum Gasteiger partial charge on any atom is 0.373 e. The summed E-state index contributed by atoms with van der Waals surface area (Å²) in [6.45, 7) is 0.0787. The van der Waals surface area contributed by atoms with Crippen LogP contribution in [-0.4, -0.2) is 28.1 Å². The molecule has 3 aromatic heterocycles. The molecule has 26 heavy (non-hydrogen) atoms. The molecule has 7 nitrogen and oxygen atoms in total. The fourth-order valence-corrected chi connectivity index (χ4v) is 3.52. The van der Waals surface area contributed by atoms with E-state index in [1.54, 1.807) is 6.07 Å². The van der Waals surface area contributed by atoms with E-state index >= 15 is 0 Å². The first-order valence-corrected chi connectivity index (χ1v) is 8.57. The molecule has 3 heterocycles. The lowest BCUT2D eigenvalue weighted by Crippen LogP contribution is -2.24. The fraction of sp³-hybridized carbons (Fsp3) is 0.111. The summed E-state index contributed by atoms with van der Waals surface area (Å²) in [6.07, 6.45) is 0. The minimum atomic E-state index is -0.574. The molecule has 0 fully saturated rings. The molecule has 0 aliphatic rings. The Hall–Kier alpha value is -3.26. The van der Waals surface area contributed by atoms with Crippen LogP contribution in [0.5, 0.6) is 0 Å². The zero-order valence-electron chi connectivity index (χ0n) is 13.7. The standard InChI is InChI=1S/C18H13N3O4S/c1-24-18(23)14-8-7-12(25-14)10-21-17(22)13-9-15(26-16(13)19-20-21)11-5-3-2-4-6-11/h2-9H,10H2,1H3. The number of benzene rings is 1. The Balaban J connectivity index is 1.68. The largest absolute Gasteiger partial charge is 0.463 e. The summed E-state index contributed by atoms with van der Waals surface area (Å²) in [5, 5.41) is 8.62. The summed E-state index contributed by atoms with van der Waals surface area (Å²) in [4.78, 5) is 25.7. The molecular weight excluding hydrogens is 354 g/mol. The van der Waals surface area contributed by atoms with Crippen molar-refractivity contribution in [2.75, 3.05) is 7.11 Å². The van der Waals surface area contributed by atoms with Crippen LogP contribution in [0.25, 0.3) is 20.7 Å². The van der Waals surface area contributed by atoms with Crippen LogP contribution in [0.4, 0.5) is 0 Å². The Morgan fingerprint density at radius 3 is 2.81 bits per heavy atom. The Bertz CT molecular complexity index is 1140. The number of furan rings is 1. The van der Waals surface area contributed by atoms with E-state index in [1.807, 2.05) is 36.4 Å². The highest BCUT2D eigenvalue weighted by molar-refractivity contribution is 7.21. The predicted molar refractivity (Wildman–Crippen MR) is 96.3 cm³/mol. The number of hydrogen-bond acceptors (Lipinski definition) is 7. The minimum Gasteiger partial charge on any atom is -0.463 e. The molecule has 0 atom stereocenters. The third kappa shape index (κ3) is 2.91. The van der Waals surface area contributed by atoms with E-state index in [4.69, 9.17) is 4.42 Å². The molecule has 0 unspecified atom stereocenters. The molecule has 4 aromatic rings. The van der Waals surface area contributed by atoms with Crippen molar-refractivity contribution in [2.45, 2.75) is 6.54 Å². The first-order chi connectivity index (χ1) is 12.7. The zero-order valence-corrected chi connectivity index (χ0v) is 14.5. The van der Waals surface area contributed by atoms with Gasteiger partial charge in [0.25, 0.3) is 5.56 Å². The molecule has 0 bridgehead atoms. The average molecular weight is 367 g/mol. The highest BCUT2D eigenvalue weighted by Crippen LogP contribution is 2.30.